The van der Waals surface area contributed by atoms with Crippen LogP contribution in [0.1, 0.15) is 89.7 Å². The summed E-state index contributed by atoms with van der Waals surface area (Å²) in [6.07, 6.45) is 7.64. The minimum Gasteiger partial charge on any atom is -0.450 e. The smallest absolute Gasteiger partial charge is 0.407 e. The van der Waals surface area contributed by atoms with Gasteiger partial charge in [0.1, 0.15) is 12.1 Å². The van der Waals surface area contributed by atoms with E-state index in [1.54, 1.807) is 20.8 Å². The molecule has 2 aliphatic heterocycles. The highest BCUT2D eigenvalue weighted by molar-refractivity contribution is 7.91. The van der Waals surface area contributed by atoms with Gasteiger partial charge in [-0.2, -0.15) is 0 Å². The van der Waals surface area contributed by atoms with E-state index in [0.717, 1.165) is 37.7 Å². The standard InChI is InChI=1S/C38H51N5O8S/c1-5-27-20-21-38(27,35(47)42-52(49,50)29-17-18-29)41-33(45)30-23-28-24-43(30)34(46)32(37(2,3)4)40-36(48)51-22-12-8-6-7-9-13-25-14-10-11-15-26(25)16-19-31(44)39-28/h5,10-11,14-15,27-30,32H,1,6-9,12-13,16-19,22-24H2,2-4H3,(H,39,44)(H,40,48)(H,41,45)(H,42,47)/t27-,28-,30+,32-,38-/m1/s1. The van der Waals surface area contributed by atoms with Crippen LogP contribution in [0.25, 0.3) is 0 Å². The highest BCUT2D eigenvalue weighted by atomic mass is 32.2. The lowest BCUT2D eigenvalue weighted by molar-refractivity contribution is -0.143. The van der Waals surface area contributed by atoms with Crippen LogP contribution >= 0.6 is 0 Å². The molecule has 14 heteroatoms. The normalized spacial score (nSPS) is 27.8. The summed E-state index contributed by atoms with van der Waals surface area (Å²) in [5, 5.41) is 7.67. The monoisotopic (exact) mass is 737 g/mol. The van der Waals surface area contributed by atoms with Crippen LogP contribution in [-0.4, -0.2) is 85.1 Å². The van der Waals surface area contributed by atoms with Crippen LogP contribution in [0.2, 0.25) is 0 Å². The van der Waals surface area contributed by atoms with Gasteiger partial charge in [-0.15, -0.1) is 6.58 Å². The molecule has 2 bridgehead atoms. The Morgan fingerprint density at radius 1 is 1.00 bits per heavy atom. The summed E-state index contributed by atoms with van der Waals surface area (Å²) in [6, 6.07) is 5.13. The van der Waals surface area contributed by atoms with E-state index in [2.05, 4.69) is 45.2 Å². The summed E-state index contributed by atoms with van der Waals surface area (Å²) in [5.41, 5.74) is -0.449. The Bertz CT molecular complexity index is 1740. The van der Waals surface area contributed by atoms with E-state index in [1.807, 2.05) is 18.2 Å². The van der Waals surface area contributed by atoms with Gasteiger partial charge in [-0.3, -0.25) is 19.2 Å². The van der Waals surface area contributed by atoms with Gasteiger partial charge in [0.05, 0.1) is 17.8 Å². The van der Waals surface area contributed by atoms with Crippen molar-refractivity contribution in [3.05, 3.63) is 48.0 Å². The first-order valence-electron chi connectivity index (χ1n) is 18.3. The Labute approximate surface area is 306 Å². The van der Waals surface area contributed by atoms with E-state index in [4.69, 9.17) is 4.74 Å². The number of nitrogens with one attached hydrogen (secondary N) is 4. The summed E-state index contributed by atoms with van der Waals surface area (Å²) in [5.74, 6) is 1.92. The van der Waals surface area contributed by atoms with Crippen LogP contribution in [0.15, 0.2) is 36.9 Å². The number of alkyl carbamates (subject to hydrolysis) is 1. The van der Waals surface area contributed by atoms with E-state index in [9.17, 15) is 32.4 Å². The highest BCUT2D eigenvalue weighted by Crippen LogP contribution is 2.32. The molecule has 0 radical (unpaired) electrons. The zero-order chi connectivity index (χ0) is 37.7. The predicted octanol–water partition coefficient (Wildman–Crippen LogP) is 2.64. The summed E-state index contributed by atoms with van der Waals surface area (Å²) in [4.78, 5) is 69.7. The lowest BCUT2D eigenvalue weighted by Crippen LogP contribution is -2.68. The molecule has 0 spiro atoms. The number of rotatable bonds is 6. The summed E-state index contributed by atoms with van der Waals surface area (Å²) < 4.78 is 32.9. The second-order valence-corrected chi connectivity index (χ2v) is 17.3. The number of aryl methyl sites for hydroxylation is 2. The number of hydrogen-bond donors (Lipinski definition) is 4. The van der Waals surface area contributed by atoms with Crippen LogP contribution in [0.5, 0.6) is 0 Å². The van der Waals surface area contributed by atoms with Gasteiger partial charge in [0.25, 0.3) is 5.91 Å². The molecule has 2 fully saturated rings. The van der Waals surface area contributed by atoms with E-state index in [-0.39, 0.29) is 31.9 Å². The molecule has 282 valence electrons. The molecule has 52 heavy (non-hydrogen) atoms. The summed E-state index contributed by atoms with van der Waals surface area (Å²) >= 11 is 0. The first kappa shape index (κ1) is 38.8. The first-order chi connectivity index (χ1) is 24.6. The van der Waals surface area contributed by atoms with Crippen LogP contribution in [0, 0.1) is 23.2 Å². The van der Waals surface area contributed by atoms with Crippen LogP contribution in [0.3, 0.4) is 0 Å². The summed E-state index contributed by atoms with van der Waals surface area (Å²) in [6.45, 7) is 9.18. The Morgan fingerprint density at radius 2 is 1.67 bits per heavy atom. The number of fused-ring (bicyclic) bond motifs is 3. The minimum atomic E-state index is -3.97. The maximum Gasteiger partial charge on any atom is 0.407 e. The maximum absolute atomic E-state index is 14.4. The molecule has 5 amide bonds. The van der Waals surface area contributed by atoms with Gasteiger partial charge in [0.2, 0.25) is 27.7 Å². The van der Waals surface area contributed by atoms with Crippen molar-refractivity contribution in [1.29, 1.82) is 0 Å². The fourth-order valence-corrected chi connectivity index (χ4v) is 8.30. The number of amides is 5. The average molecular weight is 738 g/mol. The number of benzene rings is 1. The maximum atomic E-state index is 14.4. The molecule has 5 rings (SSSR count). The van der Waals surface area contributed by atoms with Crippen molar-refractivity contribution in [1.82, 2.24) is 25.6 Å². The second-order valence-electron chi connectivity index (χ2n) is 15.3. The minimum absolute atomic E-state index is 0.00542. The van der Waals surface area contributed by atoms with Crippen molar-refractivity contribution in [3.63, 3.8) is 0 Å². The Kier molecular flexibility index (Phi) is 12.0. The van der Waals surface area contributed by atoms with Crippen molar-refractivity contribution in [3.8, 4) is 11.8 Å². The number of sulfonamides is 1. The zero-order valence-corrected chi connectivity index (χ0v) is 31.1. The molecule has 2 heterocycles. The van der Waals surface area contributed by atoms with E-state index in [0.29, 0.717) is 25.7 Å². The molecule has 0 aromatic heterocycles. The molecule has 4 N–H and O–H groups in total. The van der Waals surface area contributed by atoms with Crippen molar-refractivity contribution in [2.75, 3.05) is 13.2 Å². The van der Waals surface area contributed by atoms with Crippen LogP contribution in [0.4, 0.5) is 4.79 Å². The lowest BCUT2D eigenvalue weighted by atomic mass is 9.76. The van der Waals surface area contributed by atoms with E-state index < -0.39 is 74.1 Å². The topological polar surface area (TPSA) is 180 Å². The zero-order valence-electron chi connectivity index (χ0n) is 30.3. The highest BCUT2D eigenvalue weighted by Gasteiger charge is 2.54. The molecule has 4 aliphatic rings. The molecule has 0 unspecified atom stereocenters. The predicted molar refractivity (Wildman–Crippen MR) is 194 cm³/mol. The molecule has 5 atom stereocenters. The van der Waals surface area contributed by atoms with Gasteiger partial charge in [0.15, 0.2) is 5.54 Å². The number of cyclic esters (lactones) is 1. The van der Waals surface area contributed by atoms with E-state index in [1.165, 1.54) is 16.5 Å². The number of carbonyl (C=O) groups excluding carboxylic acids is 5. The number of hydrogen-bond acceptors (Lipinski definition) is 8. The lowest BCUT2D eigenvalue weighted by Gasteiger charge is -2.39. The molecular weight excluding hydrogens is 687 g/mol. The molecule has 1 aromatic rings. The fraction of sp³-hybridized carbons (Fsp3) is 0.605. The van der Waals surface area contributed by atoms with E-state index >= 15 is 0 Å². The van der Waals surface area contributed by atoms with Crippen molar-refractivity contribution in [2.45, 2.75) is 120 Å². The third kappa shape index (κ3) is 9.15. The van der Waals surface area contributed by atoms with Crippen molar-refractivity contribution < 1.29 is 37.1 Å². The third-order valence-corrected chi connectivity index (χ3v) is 12.0. The Hall–Kier alpha value is -4.38. The number of nitrogens with zero attached hydrogens (tertiary/aromatic N) is 1. The SMILES string of the molecule is C=C[C@@H]1C#C[C@]1(NC(=O)[C@@H]1C[C@@H]2CN1C(=O)[C@H](C(C)(C)C)NC(=O)OCCCCCCCc1ccccc1CCC(=O)N2)C(=O)NS(=O)(=O)C1CC1. The quantitative estimate of drug-likeness (QED) is 0.254. The number of carbonyl (C=O) groups is 5. The van der Waals surface area contributed by atoms with Gasteiger partial charge >= 0.3 is 6.09 Å². The van der Waals surface area contributed by atoms with Gasteiger partial charge in [-0.1, -0.05) is 82.2 Å². The largest absolute Gasteiger partial charge is 0.450 e. The molecule has 13 nitrogen and oxygen atoms in total. The van der Waals surface area contributed by atoms with Gasteiger partial charge in [-0.05, 0) is 61.5 Å². The van der Waals surface area contributed by atoms with Crippen LogP contribution in [-0.2, 0) is 46.8 Å². The second kappa shape index (κ2) is 16.1. The van der Waals surface area contributed by atoms with Crippen molar-refractivity contribution >= 4 is 39.7 Å². The molecule has 1 saturated heterocycles. The molecule has 2 aliphatic carbocycles. The van der Waals surface area contributed by atoms with Crippen molar-refractivity contribution in [2.24, 2.45) is 11.3 Å². The summed E-state index contributed by atoms with van der Waals surface area (Å²) in [7, 11) is -3.97. The fourth-order valence-electron chi connectivity index (χ4n) is 6.96. The molecular formula is C38H51N5O8S. The Balaban J connectivity index is 1.41. The molecule has 1 saturated carbocycles. The average Bonchev–Trinajstić information content (AvgIpc) is 3.86. The first-order valence-corrected chi connectivity index (χ1v) is 19.8. The van der Waals surface area contributed by atoms with Gasteiger partial charge in [0, 0.05) is 19.0 Å². The van der Waals surface area contributed by atoms with Gasteiger partial charge < -0.3 is 25.6 Å². The molecule has 1 aromatic carbocycles. The third-order valence-electron chi connectivity index (χ3n) is 10.2. The van der Waals surface area contributed by atoms with Crippen LogP contribution < -0.4 is 20.7 Å². The van der Waals surface area contributed by atoms with Gasteiger partial charge in [-0.25, -0.2) is 17.9 Å². The number of ether oxygens (including phenoxy) is 1. The Morgan fingerprint density at radius 3 is 2.31 bits per heavy atom.